The van der Waals surface area contributed by atoms with E-state index in [1.165, 1.54) is 12.1 Å². The zero-order valence-electron chi connectivity index (χ0n) is 12.0. The van der Waals surface area contributed by atoms with E-state index in [4.69, 9.17) is 16.2 Å². The van der Waals surface area contributed by atoms with Crippen molar-refractivity contribution in [3.05, 3.63) is 29.6 Å². The third-order valence-electron chi connectivity index (χ3n) is 3.74. The molecule has 21 heavy (non-hydrogen) atoms. The number of carbonyl (C=O) groups is 1. The van der Waals surface area contributed by atoms with Gasteiger partial charge < -0.3 is 21.5 Å². The minimum atomic E-state index is -0.640. The molecule has 116 valence electrons. The molecule has 0 spiro atoms. The van der Waals surface area contributed by atoms with Crippen molar-refractivity contribution in [1.29, 1.82) is 0 Å². The highest BCUT2D eigenvalue weighted by Gasteiger charge is 2.18. The number of hydrogen-bond acceptors (Lipinski definition) is 4. The topological polar surface area (TPSA) is 90.4 Å². The van der Waals surface area contributed by atoms with Gasteiger partial charge in [-0.05, 0) is 43.9 Å². The lowest BCUT2D eigenvalue weighted by Gasteiger charge is -2.26. The molecule has 1 aliphatic carbocycles. The smallest absolute Gasteiger partial charge is 0.248 e. The van der Waals surface area contributed by atoms with Gasteiger partial charge in [-0.15, -0.1) is 0 Å². The van der Waals surface area contributed by atoms with E-state index in [0.29, 0.717) is 24.9 Å². The normalized spacial score (nSPS) is 22.0. The second-order valence-electron chi connectivity index (χ2n) is 5.39. The average molecular weight is 295 g/mol. The fourth-order valence-electron chi connectivity index (χ4n) is 2.48. The van der Waals surface area contributed by atoms with Crippen LogP contribution in [0, 0.1) is 5.82 Å². The van der Waals surface area contributed by atoms with Gasteiger partial charge >= 0.3 is 0 Å². The molecule has 0 heterocycles. The van der Waals surface area contributed by atoms with Crippen molar-refractivity contribution in [2.45, 2.75) is 37.8 Å². The Balaban J connectivity index is 1.72. The van der Waals surface area contributed by atoms with Gasteiger partial charge in [0.05, 0.1) is 18.4 Å². The number of carbonyl (C=O) groups excluding carboxylic acids is 1. The van der Waals surface area contributed by atoms with Crippen molar-refractivity contribution in [3.8, 4) is 0 Å². The molecule has 5 nitrogen and oxygen atoms in total. The number of anilines is 1. The first kappa shape index (κ1) is 15.7. The Morgan fingerprint density at radius 3 is 2.67 bits per heavy atom. The van der Waals surface area contributed by atoms with Crippen molar-refractivity contribution in [1.82, 2.24) is 0 Å². The first-order valence-corrected chi connectivity index (χ1v) is 7.26. The number of halogens is 1. The molecule has 5 N–H and O–H groups in total. The Kier molecular flexibility index (Phi) is 5.52. The highest BCUT2D eigenvalue weighted by atomic mass is 19.1. The van der Waals surface area contributed by atoms with Crippen LogP contribution in [0.5, 0.6) is 0 Å². The second kappa shape index (κ2) is 7.38. The molecule has 0 atom stereocenters. The van der Waals surface area contributed by atoms with Crippen molar-refractivity contribution < 1.29 is 13.9 Å². The van der Waals surface area contributed by atoms with Crippen molar-refractivity contribution in [2.24, 2.45) is 11.5 Å². The molecular formula is C15H22FN3O2. The number of benzene rings is 1. The summed E-state index contributed by atoms with van der Waals surface area (Å²) in [6, 6.07) is 4.45. The number of nitrogens with two attached hydrogens (primary N) is 2. The molecule has 1 saturated carbocycles. The number of nitrogens with one attached hydrogen (secondary N) is 1. The van der Waals surface area contributed by atoms with Crippen LogP contribution in [0.3, 0.4) is 0 Å². The fourth-order valence-corrected chi connectivity index (χ4v) is 2.48. The average Bonchev–Trinajstić information content (AvgIpc) is 2.46. The minimum Gasteiger partial charge on any atom is -0.380 e. The van der Waals surface area contributed by atoms with Gasteiger partial charge in [0.25, 0.3) is 0 Å². The van der Waals surface area contributed by atoms with Crippen molar-refractivity contribution in [3.63, 3.8) is 0 Å². The summed E-state index contributed by atoms with van der Waals surface area (Å²) >= 11 is 0. The van der Waals surface area contributed by atoms with E-state index >= 15 is 0 Å². The number of primary amides is 1. The summed E-state index contributed by atoms with van der Waals surface area (Å²) in [5.41, 5.74) is 11.4. The van der Waals surface area contributed by atoms with Crippen LogP contribution in [-0.4, -0.2) is 31.2 Å². The first-order chi connectivity index (χ1) is 10.1. The van der Waals surface area contributed by atoms with E-state index in [9.17, 15) is 9.18 Å². The molecule has 2 rings (SSSR count). The third-order valence-corrected chi connectivity index (χ3v) is 3.74. The number of rotatable bonds is 6. The van der Waals surface area contributed by atoms with Crippen LogP contribution in [0.15, 0.2) is 18.2 Å². The van der Waals surface area contributed by atoms with Gasteiger partial charge in [0.2, 0.25) is 5.91 Å². The van der Waals surface area contributed by atoms with Crippen molar-refractivity contribution >= 4 is 11.6 Å². The predicted octanol–water partition coefficient (Wildman–Crippen LogP) is 1.62. The van der Waals surface area contributed by atoms with Crippen molar-refractivity contribution in [2.75, 3.05) is 18.5 Å². The van der Waals surface area contributed by atoms with Crippen LogP contribution in [0.25, 0.3) is 0 Å². The highest BCUT2D eigenvalue weighted by Crippen LogP contribution is 2.20. The standard InChI is InChI=1S/C15H22FN3O2/c16-13-9-10(15(18)20)1-6-14(13)19-7-8-21-12-4-2-11(17)3-5-12/h1,6,9,11-12,19H,2-5,7-8,17H2,(H2,18,20). The van der Waals surface area contributed by atoms with Crippen LogP contribution in [-0.2, 0) is 4.74 Å². The summed E-state index contributed by atoms with van der Waals surface area (Å²) < 4.78 is 19.5. The molecule has 0 radical (unpaired) electrons. The Labute approximate surface area is 123 Å². The largest absolute Gasteiger partial charge is 0.380 e. The Hall–Kier alpha value is -1.66. The molecule has 6 heteroatoms. The predicted molar refractivity (Wildman–Crippen MR) is 79.6 cm³/mol. The molecule has 0 aromatic heterocycles. The third kappa shape index (κ3) is 4.68. The zero-order chi connectivity index (χ0) is 15.2. The summed E-state index contributed by atoms with van der Waals surface area (Å²) in [5, 5.41) is 2.95. The highest BCUT2D eigenvalue weighted by molar-refractivity contribution is 5.93. The fraction of sp³-hybridized carbons (Fsp3) is 0.533. The van der Waals surface area contributed by atoms with Crippen LogP contribution in [0.1, 0.15) is 36.0 Å². The van der Waals surface area contributed by atoms with Crippen LogP contribution in [0.4, 0.5) is 10.1 Å². The van der Waals surface area contributed by atoms with Gasteiger partial charge in [-0.1, -0.05) is 0 Å². The minimum absolute atomic E-state index is 0.160. The Bertz CT molecular complexity index is 488. The van der Waals surface area contributed by atoms with Gasteiger partial charge in [0.15, 0.2) is 0 Å². The molecule has 1 fully saturated rings. The maximum atomic E-state index is 13.7. The molecule has 1 amide bonds. The number of ether oxygens (including phenoxy) is 1. The SMILES string of the molecule is NC(=O)c1ccc(NCCOC2CCC(N)CC2)c(F)c1. The molecule has 1 aliphatic rings. The molecule has 0 bridgehead atoms. The summed E-state index contributed by atoms with van der Waals surface area (Å²) in [7, 11) is 0. The molecular weight excluding hydrogens is 273 g/mol. The monoisotopic (exact) mass is 295 g/mol. The van der Waals surface area contributed by atoms with Crippen LogP contribution in [0.2, 0.25) is 0 Å². The molecule has 0 saturated heterocycles. The van der Waals surface area contributed by atoms with E-state index in [1.807, 2.05) is 0 Å². The van der Waals surface area contributed by atoms with Crippen LogP contribution >= 0.6 is 0 Å². The zero-order valence-corrected chi connectivity index (χ0v) is 12.0. The number of amides is 1. The Morgan fingerprint density at radius 1 is 1.33 bits per heavy atom. The lowest BCUT2D eigenvalue weighted by molar-refractivity contribution is 0.0313. The lowest BCUT2D eigenvalue weighted by Crippen LogP contribution is -2.31. The molecule has 0 unspecified atom stereocenters. The second-order valence-corrected chi connectivity index (χ2v) is 5.39. The lowest BCUT2D eigenvalue weighted by atomic mass is 9.94. The summed E-state index contributed by atoms with van der Waals surface area (Å²) in [6.07, 6.45) is 4.24. The van der Waals surface area contributed by atoms with Crippen LogP contribution < -0.4 is 16.8 Å². The molecule has 1 aromatic carbocycles. The van der Waals surface area contributed by atoms with Gasteiger partial charge in [-0.25, -0.2) is 4.39 Å². The van der Waals surface area contributed by atoms with Gasteiger partial charge in [0.1, 0.15) is 5.82 Å². The maximum absolute atomic E-state index is 13.7. The maximum Gasteiger partial charge on any atom is 0.248 e. The summed E-state index contributed by atoms with van der Waals surface area (Å²) in [5.74, 6) is -1.13. The van der Waals surface area contributed by atoms with Gasteiger partial charge in [0, 0.05) is 18.2 Å². The van der Waals surface area contributed by atoms with Gasteiger partial charge in [-0.2, -0.15) is 0 Å². The van der Waals surface area contributed by atoms with E-state index in [1.54, 1.807) is 0 Å². The van der Waals surface area contributed by atoms with E-state index in [2.05, 4.69) is 5.32 Å². The summed E-state index contributed by atoms with van der Waals surface area (Å²) in [4.78, 5) is 10.9. The first-order valence-electron chi connectivity index (χ1n) is 7.26. The number of hydrogen-bond donors (Lipinski definition) is 3. The van der Waals surface area contributed by atoms with Gasteiger partial charge in [-0.3, -0.25) is 4.79 Å². The molecule has 0 aliphatic heterocycles. The quantitative estimate of drug-likeness (QED) is 0.696. The molecule has 1 aromatic rings. The van der Waals surface area contributed by atoms with E-state index in [0.717, 1.165) is 31.7 Å². The summed E-state index contributed by atoms with van der Waals surface area (Å²) in [6.45, 7) is 1.02. The van der Waals surface area contributed by atoms with E-state index in [-0.39, 0.29) is 11.7 Å². The van der Waals surface area contributed by atoms with E-state index < -0.39 is 11.7 Å². The Morgan fingerprint density at radius 2 is 2.05 bits per heavy atom.